The van der Waals surface area contributed by atoms with Gasteiger partial charge in [-0.3, -0.25) is 10.2 Å². The molecule has 1 amide bonds. The van der Waals surface area contributed by atoms with E-state index in [-0.39, 0.29) is 22.3 Å². The molecule has 0 fully saturated rings. The molecule has 7 heteroatoms. The minimum atomic E-state index is -3.83. The van der Waals surface area contributed by atoms with Gasteiger partial charge in [-0.15, -0.1) is 4.83 Å². The molecule has 6 nitrogen and oxygen atoms in total. The van der Waals surface area contributed by atoms with Crippen LogP contribution in [0.25, 0.3) is 0 Å². The molecular weight excluding hydrogens is 400 g/mol. The van der Waals surface area contributed by atoms with Gasteiger partial charge in [0.2, 0.25) is 0 Å². The number of carbonyl (C=O) groups excluding carboxylic acids is 1. The largest absolute Gasteiger partial charge is 0.484 e. The molecule has 2 N–H and O–H groups in total. The lowest BCUT2D eigenvalue weighted by Crippen LogP contribution is -2.43. The first-order valence-electron chi connectivity index (χ1n) is 9.89. The molecule has 0 bridgehead atoms. The van der Waals surface area contributed by atoms with Crippen molar-refractivity contribution < 1.29 is 17.9 Å². The Morgan fingerprint density at radius 1 is 0.933 bits per heavy atom. The summed E-state index contributed by atoms with van der Waals surface area (Å²) in [5.41, 5.74) is 4.53. The predicted molar refractivity (Wildman–Crippen MR) is 119 cm³/mol. The number of hydrogen-bond acceptors (Lipinski definition) is 4. The molecule has 0 saturated heterocycles. The molecule has 0 aliphatic carbocycles. The summed E-state index contributed by atoms with van der Waals surface area (Å²) in [6.45, 7) is 12.6. The van der Waals surface area contributed by atoms with Crippen LogP contribution in [0.3, 0.4) is 0 Å². The first kappa shape index (κ1) is 23.9. The van der Waals surface area contributed by atoms with Crippen LogP contribution in [0.4, 0.5) is 0 Å². The molecule has 0 saturated carbocycles. The van der Waals surface area contributed by atoms with Crippen molar-refractivity contribution in [3.63, 3.8) is 0 Å². The lowest BCUT2D eigenvalue weighted by molar-refractivity contribution is -0.123. The third kappa shape index (κ3) is 7.15. The van der Waals surface area contributed by atoms with E-state index in [1.807, 2.05) is 31.2 Å². The molecule has 0 spiro atoms. The fourth-order valence-corrected chi connectivity index (χ4v) is 4.38. The van der Waals surface area contributed by atoms with Gasteiger partial charge in [0.05, 0.1) is 4.90 Å². The van der Waals surface area contributed by atoms with Crippen molar-refractivity contribution in [1.82, 2.24) is 10.3 Å². The van der Waals surface area contributed by atoms with E-state index >= 15 is 0 Å². The summed E-state index contributed by atoms with van der Waals surface area (Å²) in [5, 5.41) is 0. The van der Waals surface area contributed by atoms with E-state index in [4.69, 9.17) is 4.74 Å². The standard InChI is InChI=1S/C23H32N2O4S/c1-17-7-13-20(14-8-17)30(27,28)25-24-21(26)15-29-19-11-9-18(10-12-19)23(5,6)16-22(2,3)4/h7-14,25H,15-16H2,1-6H3,(H,24,26). The average molecular weight is 433 g/mol. The zero-order chi connectivity index (χ0) is 22.6. The molecule has 30 heavy (non-hydrogen) atoms. The van der Waals surface area contributed by atoms with Gasteiger partial charge < -0.3 is 4.74 Å². The smallest absolute Gasteiger partial charge is 0.272 e. The number of ether oxygens (including phenoxy) is 1. The van der Waals surface area contributed by atoms with Crippen molar-refractivity contribution in [3.05, 3.63) is 59.7 Å². The van der Waals surface area contributed by atoms with Crippen LogP contribution >= 0.6 is 0 Å². The molecule has 0 heterocycles. The summed E-state index contributed by atoms with van der Waals surface area (Å²) in [6, 6.07) is 14.0. The maximum atomic E-state index is 12.2. The van der Waals surface area contributed by atoms with E-state index in [1.165, 1.54) is 17.7 Å². The third-order valence-corrected chi connectivity index (χ3v) is 5.90. The third-order valence-electron chi connectivity index (χ3n) is 4.63. The Kier molecular flexibility index (Phi) is 7.31. The van der Waals surface area contributed by atoms with Crippen LogP contribution in [0.15, 0.2) is 53.4 Å². The molecule has 0 aliphatic rings. The second kappa shape index (κ2) is 9.18. The van der Waals surface area contributed by atoms with Gasteiger partial charge in [-0.25, -0.2) is 8.42 Å². The van der Waals surface area contributed by atoms with Crippen molar-refractivity contribution >= 4 is 15.9 Å². The quantitative estimate of drug-likeness (QED) is 0.615. The highest BCUT2D eigenvalue weighted by molar-refractivity contribution is 7.89. The highest BCUT2D eigenvalue weighted by Crippen LogP contribution is 2.36. The van der Waals surface area contributed by atoms with Gasteiger partial charge in [-0.1, -0.05) is 64.4 Å². The molecule has 0 aromatic heterocycles. The normalized spacial score (nSPS) is 12.5. The van der Waals surface area contributed by atoms with Gasteiger partial charge in [0.15, 0.2) is 6.61 Å². The van der Waals surface area contributed by atoms with Crippen LogP contribution in [0.2, 0.25) is 0 Å². The van der Waals surface area contributed by atoms with Crippen LogP contribution in [0.5, 0.6) is 5.75 Å². The number of hydrazine groups is 1. The number of hydrogen-bond donors (Lipinski definition) is 2. The van der Waals surface area contributed by atoms with Gasteiger partial charge in [0.25, 0.3) is 15.9 Å². The SMILES string of the molecule is Cc1ccc(S(=O)(=O)NNC(=O)COc2ccc(C(C)(C)CC(C)(C)C)cc2)cc1. The number of sulfonamides is 1. The summed E-state index contributed by atoms with van der Waals surface area (Å²) in [6.07, 6.45) is 1.03. The topological polar surface area (TPSA) is 84.5 Å². The molecule has 0 unspecified atom stereocenters. The number of aryl methyl sites for hydroxylation is 1. The molecule has 164 valence electrons. The van der Waals surface area contributed by atoms with Crippen LogP contribution in [0, 0.1) is 12.3 Å². The molecule has 0 radical (unpaired) electrons. The maximum absolute atomic E-state index is 12.2. The van der Waals surface area contributed by atoms with E-state index in [2.05, 4.69) is 44.9 Å². The van der Waals surface area contributed by atoms with E-state index < -0.39 is 15.9 Å². The van der Waals surface area contributed by atoms with E-state index in [9.17, 15) is 13.2 Å². The van der Waals surface area contributed by atoms with Gasteiger partial charge >= 0.3 is 0 Å². The Bertz CT molecular complexity index is 958. The van der Waals surface area contributed by atoms with E-state index in [0.717, 1.165) is 12.0 Å². The monoisotopic (exact) mass is 432 g/mol. The molecule has 2 rings (SSSR count). The van der Waals surface area contributed by atoms with E-state index in [0.29, 0.717) is 5.75 Å². The van der Waals surface area contributed by atoms with Crippen LogP contribution in [-0.4, -0.2) is 20.9 Å². The van der Waals surface area contributed by atoms with Crippen molar-refractivity contribution in [2.24, 2.45) is 5.41 Å². The fraction of sp³-hybridized carbons (Fsp3) is 0.435. The second-order valence-electron chi connectivity index (χ2n) is 9.40. The van der Waals surface area contributed by atoms with Gasteiger partial charge in [0.1, 0.15) is 5.75 Å². The Labute approximate surface area is 180 Å². The number of amides is 1. The van der Waals surface area contributed by atoms with Crippen LogP contribution in [0.1, 0.15) is 52.2 Å². The maximum Gasteiger partial charge on any atom is 0.272 e. The number of nitrogens with one attached hydrogen (secondary N) is 2. The summed E-state index contributed by atoms with van der Waals surface area (Å²) >= 11 is 0. The Morgan fingerprint density at radius 2 is 1.50 bits per heavy atom. The van der Waals surface area contributed by atoms with Crippen molar-refractivity contribution in [1.29, 1.82) is 0 Å². The van der Waals surface area contributed by atoms with Crippen LogP contribution in [-0.2, 0) is 20.2 Å². The zero-order valence-electron chi connectivity index (χ0n) is 18.6. The molecule has 0 atom stereocenters. The summed E-state index contributed by atoms with van der Waals surface area (Å²) in [5.74, 6) is -0.0512. The highest BCUT2D eigenvalue weighted by atomic mass is 32.2. The first-order chi connectivity index (χ1) is 13.8. The number of benzene rings is 2. The van der Waals surface area contributed by atoms with Crippen LogP contribution < -0.4 is 15.0 Å². The Hall–Kier alpha value is -2.38. The lowest BCUT2D eigenvalue weighted by Gasteiger charge is -2.33. The van der Waals surface area contributed by atoms with Gasteiger partial charge in [0, 0.05) is 0 Å². The molecule has 2 aromatic carbocycles. The summed E-state index contributed by atoms with van der Waals surface area (Å²) in [7, 11) is -3.83. The summed E-state index contributed by atoms with van der Waals surface area (Å²) < 4.78 is 29.8. The molecule has 0 aliphatic heterocycles. The first-order valence-corrected chi connectivity index (χ1v) is 11.4. The minimum absolute atomic E-state index is 0.0163. The average Bonchev–Trinajstić information content (AvgIpc) is 2.63. The van der Waals surface area contributed by atoms with Crippen molar-refractivity contribution in [2.45, 2.75) is 58.3 Å². The minimum Gasteiger partial charge on any atom is -0.484 e. The van der Waals surface area contributed by atoms with Gasteiger partial charge in [-0.2, -0.15) is 0 Å². The predicted octanol–water partition coefficient (Wildman–Crippen LogP) is 4.10. The Balaban J connectivity index is 1.88. The zero-order valence-corrected chi connectivity index (χ0v) is 19.4. The van der Waals surface area contributed by atoms with Gasteiger partial charge in [-0.05, 0) is 54.0 Å². The van der Waals surface area contributed by atoms with E-state index in [1.54, 1.807) is 12.1 Å². The highest BCUT2D eigenvalue weighted by Gasteiger charge is 2.27. The summed E-state index contributed by atoms with van der Waals surface area (Å²) in [4.78, 5) is 14.1. The number of carbonyl (C=O) groups is 1. The van der Waals surface area contributed by atoms with Crippen molar-refractivity contribution in [3.8, 4) is 5.75 Å². The lowest BCUT2D eigenvalue weighted by atomic mass is 9.72. The molecule has 2 aromatic rings. The number of rotatable bonds is 8. The van der Waals surface area contributed by atoms with Crippen molar-refractivity contribution in [2.75, 3.05) is 6.61 Å². The fourth-order valence-electron chi connectivity index (χ4n) is 3.52. The second-order valence-corrected chi connectivity index (χ2v) is 11.1. The Morgan fingerprint density at radius 3 is 2.03 bits per heavy atom. The molecular formula is C23H32N2O4S.